The molecule has 0 aliphatic carbocycles. The lowest BCUT2D eigenvalue weighted by molar-refractivity contribution is 1.58. The molecule has 0 bridgehead atoms. The van der Waals surface area contributed by atoms with Gasteiger partial charge in [0.2, 0.25) is 0 Å². The SMILES string of the molecule is Clc1ccc(-c2cccc3cccc(-c4ccccc4-c4ccccc4)c23)cc1-c1ccccc1. The van der Waals surface area contributed by atoms with Crippen LogP contribution in [0.15, 0.2) is 140 Å². The summed E-state index contributed by atoms with van der Waals surface area (Å²) in [6.45, 7) is 0. The highest BCUT2D eigenvalue weighted by atomic mass is 35.5. The van der Waals surface area contributed by atoms with Crippen LogP contribution in [-0.4, -0.2) is 0 Å². The lowest BCUT2D eigenvalue weighted by Gasteiger charge is -2.16. The summed E-state index contributed by atoms with van der Waals surface area (Å²) in [5, 5.41) is 3.23. The summed E-state index contributed by atoms with van der Waals surface area (Å²) in [5.41, 5.74) is 9.44. The Bertz CT molecular complexity index is 1630. The molecule has 0 amide bonds. The molecule has 166 valence electrons. The predicted molar refractivity (Wildman–Crippen MR) is 151 cm³/mol. The molecule has 1 heteroatoms. The number of fused-ring (bicyclic) bond motifs is 1. The van der Waals surface area contributed by atoms with Crippen LogP contribution in [0.4, 0.5) is 0 Å². The smallest absolute Gasteiger partial charge is 0.0484 e. The van der Waals surface area contributed by atoms with Crippen molar-refractivity contribution in [1.29, 1.82) is 0 Å². The van der Waals surface area contributed by atoms with Crippen LogP contribution in [0.3, 0.4) is 0 Å². The topological polar surface area (TPSA) is 0 Å². The molecule has 0 heterocycles. The van der Waals surface area contributed by atoms with Crippen LogP contribution in [0.2, 0.25) is 5.02 Å². The van der Waals surface area contributed by atoms with Crippen LogP contribution in [0.5, 0.6) is 0 Å². The molecule has 0 aromatic heterocycles. The van der Waals surface area contributed by atoms with Crippen molar-refractivity contribution in [1.82, 2.24) is 0 Å². The molecule has 6 rings (SSSR count). The molecule has 6 aromatic rings. The summed E-state index contributed by atoms with van der Waals surface area (Å²) in [7, 11) is 0. The van der Waals surface area contributed by atoms with Gasteiger partial charge in [-0.15, -0.1) is 0 Å². The van der Waals surface area contributed by atoms with Crippen LogP contribution < -0.4 is 0 Å². The first-order valence-corrected chi connectivity index (χ1v) is 12.2. The molecular formula is C34H23Cl. The van der Waals surface area contributed by atoms with Crippen LogP contribution in [0.25, 0.3) is 55.3 Å². The summed E-state index contributed by atoms with van der Waals surface area (Å²) in [5.74, 6) is 0. The lowest BCUT2D eigenvalue weighted by atomic mass is 9.87. The van der Waals surface area contributed by atoms with Crippen LogP contribution in [0.1, 0.15) is 0 Å². The van der Waals surface area contributed by atoms with E-state index in [0.717, 1.165) is 21.7 Å². The minimum absolute atomic E-state index is 0.759. The van der Waals surface area contributed by atoms with Crippen LogP contribution >= 0.6 is 11.6 Å². The lowest BCUT2D eigenvalue weighted by Crippen LogP contribution is -1.90. The van der Waals surface area contributed by atoms with Gasteiger partial charge in [0, 0.05) is 10.6 Å². The average Bonchev–Trinajstić information content (AvgIpc) is 2.94. The largest absolute Gasteiger partial charge is 0.0837 e. The summed E-state index contributed by atoms with van der Waals surface area (Å²) in [6.07, 6.45) is 0. The molecule has 6 aromatic carbocycles. The Morgan fingerprint density at radius 1 is 0.343 bits per heavy atom. The molecule has 0 fully saturated rings. The molecule has 0 radical (unpaired) electrons. The Labute approximate surface area is 211 Å². The van der Waals surface area contributed by atoms with Gasteiger partial charge in [0.1, 0.15) is 0 Å². The fourth-order valence-electron chi connectivity index (χ4n) is 4.93. The first kappa shape index (κ1) is 21.4. The van der Waals surface area contributed by atoms with E-state index in [1.165, 1.54) is 38.6 Å². The number of hydrogen-bond donors (Lipinski definition) is 0. The zero-order chi connectivity index (χ0) is 23.6. The molecule has 0 N–H and O–H groups in total. The Morgan fingerprint density at radius 3 is 1.57 bits per heavy atom. The fourth-order valence-corrected chi connectivity index (χ4v) is 5.15. The third-order valence-electron chi connectivity index (χ3n) is 6.57. The van der Waals surface area contributed by atoms with Gasteiger partial charge in [-0.1, -0.05) is 139 Å². The van der Waals surface area contributed by atoms with Crippen molar-refractivity contribution in [2.45, 2.75) is 0 Å². The van der Waals surface area contributed by atoms with Crippen molar-refractivity contribution in [2.75, 3.05) is 0 Å². The van der Waals surface area contributed by atoms with E-state index in [4.69, 9.17) is 11.6 Å². The number of rotatable bonds is 4. The van der Waals surface area contributed by atoms with Crippen molar-refractivity contribution in [2.24, 2.45) is 0 Å². The fraction of sp³-hybridized carbons (Fsp3) is 0. The molecule has 0 aliphatic rings. The van der Waals surface area contributed by atoms with Gasteiger partial charge >= 0.3 is 0 Å². The number of hydrogen-bond acceptors (Lipinski definition) is 0. The van der Waals surface area contributed by atoms with Crippen molar-refractivity contribution in [3.63, 3.8) is 0 Å². The Morgan fingerprint density at radius 2 is 0.886 bits per heavy atom. The minimum atomic E-state index is 0.759. The zero-order valence-corrected chi connectivity index (χ0v) is 19.9. The highest BCUT2D eigenvalue weighted by molar-refractivity contribution is 6.33. The zero-order valence-electron chi connectivity index (χ0n) is 19.2. The van der Waals surface area contributed by atoms with Gasteiger partial charge in [-0.3, -0.25) is 0 Å². The van der Waals surface area contributed by atoms with Crippen molar-refractivity contribution in [3.8, 4) is 44.5 Å². The highest BCUT2D eigenvalue weighted by Crippen LogP contribution is 2.41. The van der Waals surface area contributed by atoms with Gasteiger partial charge in [0.05, 0.1) is 0 Å². The van der Waals surface area contributed by atoms with E-state index in [1.807, 2.05) is 12.1 Å². The molecule has 0 unspecified atom stereocenters. The maximum absolute atomic E-state index is 6.65. The molecule has 0 spiro atoms. The van der Waals surface area contributed by atoms with Crippen LogP contribution in [-0.2, 0) is 0 Å². The standard InChI is InChI=1S/C34H23Cl/c35-33-22-21-27(23-32(33)25-13-5-2-6-14-25)29-19-9-15-26-16-10-20-31(34(26)29)30-18-8-7-17-28(30)24-11-3-1-4-12-24/h1-23H. The van der Waals surface area contributed by atoms with E-state index >= 15 is 0 Å². The van der Waals surface area contributed by atoms with Gasteiger partial charge in [0.15, 0.2) is 0 Å². The maximum atomic E-state index is 6.65. The second kappa shape index (κ2) is 9.25. The third-order valence-corrected chi connectivity index (χ3v) is 6.90. The van der Waals surface area contributed by atoms with E-state index in [-0.39, 0.29) is 0 Å². The normalized spacial score (nSPS) is 11.0. The second-order valence-electron chi connectivity index (χ2n) is 8.68. The first-order chi connectivity index (χ1) is 17.3. The first-order valence-electron chi connectivity index (χ1n) is 11.8. The molecule has 0 aliphatic heterocycles. The van der Waals surface area contributed by atoms with Gasteiger partial charge in [0.25, 0.3) is 0 Å². The molecule has 0 saturated heterocycles. The van der Waals surface area contributed by atoms with Crippen molar-refractivity contribution in [3.05, 3.63) is 145 Å². The average molecular weight is 467 g/mol. The molecule has 35 heavy (non-hydrogen) atoms. The van der Waals surface area contributed by atoms with E-state index in [0.29, 0.717) is 0 Å². The van der Waals surface area contributed by atoms with Gasteiger partial charge in [-0.25, -0.2) is 0 Å². The maximum Gasteiger partial charge on any atom is 0.0484 e. The number of benzene rings is 6. The van der Waals surface area contributed by atoms with Crippen LogP contribution in [0, 0.1) is 0 Å². The van der Waals surface area contributed by atoms with Gasteiger partial charge < -0.3 is 0 Å². The summed E-state index contributed by atoms with van der Waals surface area (Å²) in [4.78, 5) is 0. The second-order valence-corrected chi connectivity index (χ2v) is 9.09. The van der Waals surface area contributed by atoms with Crippen molar-refractivity contribution < 1.29 is 0 Å². The molecular weight excluding hydrogens is 444 g/mol. The van der Waals surface area contributed by atoms with Gasteiger partial charge in [-0.05, 0) is 61.8 Å². The summed E-state index contributed by atoms with van der Waals surface area (Å²) < 4.78 is 0. The van der Waals surface area contributed by atoms with Gasteiger partial charge in [-0.2, -0.15) is 0 Å². The molecule has 0 atom stereocenters. The molecule has 0 nitrogen and oxygen atoms in total. The van der Waals surface area contributed by atoms with E-state index in [9.17, 15) is 0 Å². The summed E-state index contributed by atoms with van der Waals surface area (Å²) in [6, 6.07) is 49.1. The van der Waals surface area contributed by atoms with E-state index in [2.05, 4.69) is 127 Å². The third kappa shape index (κ3) is 4.03. The summed E-state index contributed by atoms with van der Waals surface area (Å²) >= 11 is 6.65. The van der Waals surface area contributed by atoms with E-state index in [1.54, 1.807) is 0 Å². The van der Waals surface area contributed by atoms with Crippen molar-refractivity contribution >= 4 is 22.4 Å². The Balaban J connectivity index is 1.60. The molecule has 0 saturated carbocycles. The Kier molecular flexibility index (Phi) is 5.66. The minimum Gasteiger partial charge on any atom is -0.0837 e. The monoisotopic (exact) mass is 466 g/mol. The predicted octanol–water partition coefficient (Wildman–Crippen LogP) is 10.2. The highest BCUT2D eigenvalue weighted by Gasteiger charge is 2.15. The van der Waals surface area contributed by atoms with E-state index < -0.39 is 0 Å². The quantitative estimate of drug-likeness (QED) is 0.242. The Hall–Kier alpha value is -4.13. The number of halogens is 1.